The Kier molecular flexibility index (Phi) is 5.23. The van der Waals surface area contributed by atoms with Crippen molar-refractivity contribution in [1.82, 2.24) is 4.72 Å². The molecule has 2 aromatic carbocycles. The molecule has 3 aromatic rings. The molecular weight excluding hydrogens is 364 g/mol. The molecule has 0 aliphatic rings. The van der Waals surface area contributed by atoms with Gasteiger partial charge >= 0.3 is 5.91 Å². The van der Waals surface area contributed by atoms with E-state index in [2.05, 4.69) is 4.72 Å². The number of rotatable bonds is 6. The Labute approximate surface area is 158 Å². The molecule has 0 unspecified atom stereocenters. The summed E-state index contributed by atoms with van der Waals surface area (Å²) in [4.78, 5) is 14.5. The Morgan fingerprint density at radius 2 is 1.85 bits per heavy atom. The van der Waals surface area contributed by atoms with Crippen LogP contribution in [-0.4, -0.2) is 28.4 Å². The third-order valence-corrected chi connectivity index (χ3v) is 5.68. The molecule has 3 rings (SSSR count). The molecule has 0 radical (unpaired) electrons. The average molecular weight is 386 g/mol. The van der Waals surface area contributed by atoms with Gasteiger partial charge in [-0.1, -0.05) is 31.5 Å². The Morgan fingerprint density at radius 3 is 2.56 bits per heavy atom. The summed E-state index contributed by atoms with van der Waals surface area (Å²) >= 11 is 0. The molecule has 0 aliphatic carbocycles. The number of furan rings is 1. The maximum absolute atomic E-state index is 12.7. The first-order chi connectivity index (χ1) is 12.8. The van der Waals surface area contributed by atoms with Crippen molar-refractivity contribution in [2.24, 2.45) is 0 Å². The minimum Gasteiger partial charge on any atom is -0.451 e. The lowest BCUT2D eigenvalue weighted by atomic mass is 10.1. The summed E-state index contributed by atoms with van der Waals surface area (Å²) in [5.41, 5.74) is 2.13. The standard InChI is InChI=1S/C20H22N2O4S/c1-4-7-14-8-5-6-9-19(14)27(24,25)21-20(23)18-12-15-10-11-16(22(2)3)13-17(15)26-18/h5-6,8-13H,4,7H2,1-3H3,(H,21,23). The van der Waals surface area contributed by atoms with Crippen molar-refractivity contribution in [3.63, 3.8) is 0 Å². The summed E-state index contributed by atoms with van der Waals surface area (Å²) in [5.74, 6) is -0.832. The average Bonchev–Trinajstić information content (AvgIpc) is 3.05. The van der Waals surface area contributed by atoms with Gasteiger partial charge in [0.25, 0.3) is 10.0 Å². The van der Waals surface area contributed by atoms with Gasteiger partial charge in [-0.15, -0.1) is 0 Å². The smallest absolute Gasteiger partial charge is 0.300 e. The fraction of sp³-hybridized carbons (Fsp3) is 0.250. The molecule has 27 heavy (non-hydrogen) atoms. The molecule has 1 amide bonds. The van der Waals surface area contributed by atoms with E-state index in [0.29, 0.717) is 17.6 Å². The molecule has 0 spiro atoms. The zero-order chi connectivity index (χ0) is 19.6. The fourth-order valence-electron chi connectivity index (χ4n) is 2.88. The Morgan fingerprint density at radius 1 is 1.11 bits per heavy atom. The Balaban J connectivity index is 1.89. The second-order valence-electron chi connectivity index (χ2n) is 6.52. The molecule has 1 N–H and O–H groups in total. The molecule has 0 saturated carbocycles. The van der Waals surface area contributed by atoms with E-state index in [9.17, 15) is 13.2 Å². The van der Waals surface area contributed by atoms with Gasteiger partial charge in [-0.25, -0.2) is 13.1 Å². The first-order valence-corrected chi connectivity index (χ1v) is 10.2. The highest BCUT2D eigenvalue weighted by Crippen LogP contribution is 2.25. The number of fused-ring (bicyclic) bond motifs is 1. The molecule has 0 atom stereocenters. The van der Waals surface area contributed by atoms with E-state index in [0.717, 1.165) is 17.5 Å². The van der Waals surface area contributed by atoms with Gasteiger partial charge in [0.05, 0.1) is 4.90 Å². The monoisotopic (exact) mass is 386 g/mol. The minimum atomic E-state index is -3.99. The topological polar surface area (TPSA) is 79.6 Å². The van der Waals surface area contributed by atoms with Crippen LogP contribution in [0.4, 0.5) is 5.69 Å². The van der Waals surface area contributed by atoms with E-state index in [-0.39, 0.29) is 10.7 Å². The van der Waals surface area contributed by atoms with Crippen LogP contribution in [0.2, 0.25) is 0 Å². The van der Waals surface area contributed by atoms with Crippen LogP contribution < -0.4 is 9.62 Å². The van der Waals surface area contributed by atoms with Gasteiger partial charge in [0, 0.05) is 31.2 Å². The molecule has 1 heterocycles. The van der Waals surface area contributed by atoms with E-state index in [1.807, 2.05) is 38.1 Å². The van der Waals surface area contributed by atoms with E-state index >= 15 is 0 Å². The number of nitrogens with one attached hydrogen (secondary N) is 1. The maximum atomic E-state index is 12.7. The van der Waals surface area contributed by atoms with Gasteiger partial charge in [0.1, 0.15) is 5.58 Å². The molecule has 0 bridgehead atoms. The predicted octanol–water partition coefficient (Wildman–Crippen LogP) is 3.57. The highest BCUT2D eigenvalue weighted by Gasteiger charge is 2.23. The van der Waals surface area contributed by atoms with E-state index in [1.165, 1.54) is 12.1 Å². The number of hydrogen-bond acceptors (Lipinski definition) is 5. The maximum Gasteiger partial charge on any atom is 0.300 e. The fourth-order valence-corrected chi connectivity index (χ4v) is 4.11. The SMILES string of the molecule is CCCc1ccccc1S(=O)(=O)NC(=O)c1cc2ccc(N(C)C)cc2o1. The van der Waals surface area contributed by atoms with Crippen molar-refractivity contribution in [2.75, 3.05) is 19.0 Å². The van der Waals surface area contributed by atoms with E-state index < -0.39 is 15.9 Å². The number of amides is 1. The third kappa shape index (κ3) is 3.98. The van der Waals surface area contributed by atoms with E-state index in [4.69, 9.17) is 4.42 Å². The summed E-state index contributed by atoms with van der Waals surface area (Å²) in [6.45, 7) is 1.97. The second kappa shape index (κ2) is 7.44. The third-order valence-electron chi connectivity index (χ3n) is 4.25. The minimum absolute atomic E-state index is 0.0440. The molecule has 0 saturated heterocycles. The van der Waals surface area contributed by atoms with Gasteiger partial charge in [0.2, 0.25) is 0 Å². The van der Waals surface area contributed by atoms with Crippen molar-refractivity contribution in [1.29, 1.82) is 0 Å². The largest absolute Gasteiger partial charge is 0.451 e. The molecule has 0 aliphatic heterocycles. The van der Waals surface area contributed by atoms with Crippen LogP contribution in [0.5, 0.6) is 0 Å². The van der Waals surface area contributed by atoms with Gasteiger partial charge < -0.3 is 9.32 Å². The molecular formula is C20H22N2O4S. The van der Waals surface area contributed by atoms with Crippen LogP contribution in [0.15, 0.2) is 57.8 Å². The van der Waals surface area contributed by atoms with Crippen molar-refractivity contribution >= 4 is 32.6 Å². The van der Waals surface area contributed by atoms with Gasteiger partial charge in [0.15, 0.2) is 5.76 Å². The van der Waals surface area contributed by atoms with Gasteiger partial charge in [-0.2, -0.15) is 0 Å². The molecule has 0 fully saturated rings. The Hall–Kier alpha value is -2.80. The Bertz CT molecular complexity index is 1080. The number of carbonyl (C=O) groups excluding carboxylic acids is 1. The van der Waals surface area contributed by atoms with Crippen LogP contribution in [0, 0.1) is 0 Å². The zero-order valence-corrected chi connectivity index (χ0v) is 16.3. The lowest BCUT2D eigenvalue weighted by Crippen LogP contribution is -2.31. The van der Waals surface area contributed by atoms with Crippen LogP contribution in [0.1, 0.15) is 29.5 Å². The summed E-state index contributed by atoms with van der Waals surface area (Å²) < 4.78 is 33.1. The number of benzene rings is 2. The van der Waals surface area contributed by atoms with E-state index in [1.54, 1.807) is 24.3 Å². The molecule has 1 aromatic heterocycles. The van der Waals surface area contributed by atoms with Crippen LogP contribution >= 0.6 is 0 Å². The quantitative estimate of drug-likeness (QED) is 0.701. The number of nitrogens with zero attached hydrogens (tertiary/aromatic N) is 1. The first kappa shape index (κ1) is 19.0. The van der Waals surface area contributed by atoms with Gasteiger partial charge in [-0.05, 0) is 36.2 Å². The number of anilines is 1. The van der Waals surface area contributed by atoms with Crippen LogP contribution in [-0.2, 0) is 16.4 Å². The van der Waals surface area contributed by atoms with Crippen molar-refractivity contribution in [2.45, 2.75) is 24.7 Å². The molecule has 142 valence electrons. The molecule has 7 heteroatoms. The number of sulfonamides is 1. The van der Waals surface area contributed by atoms with Crippen molar-refractivity contribution in [3.05, 3.63) is 59.9 Å². The first-order valence-electron chi connectivity index (χ1n) is 8.68. The van der Waals surface area contributed by atoms with Crippen molar-refractivity contribution in [3.8, 4) is 0 Å². The van der Waals surface area contributed by atoms with Crippen LogP contribution in [0.3, 0.4) is 0 Å². The highest BCUT2D eigenvalue weighted by atomic mass is 32.2. The zero-order valence-electron chi connectivity index (χ0n) is 15.5. The molecule has 6 nitrogen and oxygen atoms in total. The van der Waals surface area contributed by atoms with Crippen molar-refractivity contribution < 1.29 is 17.6 Å². The van der Waals surface area contributed by atoms with Gasteiger partial charge in [-0.3, -0.25) is 4.79 Å². The lowest BCUT2D eigenvalue weighted by Gasteiger charge is -2.11. The highest BCUT2D eigenvalue weighted by molar-refractivity contribution is 7.90. The normalized spacial score (nSPS) is 11.5. The summed E-state index contributed by atoms with van der Waals surface area (Å²) in [7, 11) is -0.186. The summed E-state index contributed by atoms with van der Waals surface area (Å²) in [6.07, 6.45) is 1.42. The second-order valence-corrected chi connectivity index (χ2v) is 8.17. The summed E-state index contributed by atoms with van der Waals surface area (Å²) in [6, 6.07) is 13.8. The number of carbonyl (C=O) groups is 1. The lowest BCUT2D eigenvalue weighted by molar-refractivity contribution is 0.0956. The summed E-state index contributed by atoms with van der Waals surface area (Å²) in [5, 5.41) is 0.731. The van der Waals surface area contributed by atoms with Crippen LogP contribution in [0.25, 0.3) is 11.0 Å². The predicted molar refractivity (Wildman–Crippen MR) is 106 cm³/mol. The number of hydrogen-bond donors (Lipinski definition) is 1. The number of aryl methyl sites for hydroxylation is 1.